The number of morpholine rings is 1. The van der Waals surface area contributed by atoms with Gasteiger partial charge >= 0.3 is 0 Å². The minimum absolute atomic E-state index is 0.0350. The lowest BCUT2D eigenvalue weighted by Gasteiger charge is -2.26. The van der Waals surface area contributed by atoms with Crippen LogP contribution < -0.4 is 5.32 Å². The van der Waals surface area contributed by atoms with Gasteiger partial charge in [0.2, 0.25) is 12.0 Å². The van der Waals surface area contributed by atoms with Gasteiger partial charge in [0.15, 0.2) is 0 Å². The van der Waals surface area contributed by atoms with E-state index < -0.39 is 6.10 Å². The maximum absolute atomic E-state index is 12.2. The van der Waals surface area contributed by atoms with E-state index in [0.717, 1.165) is 16.8 Å². The van der Waals surface area contributed by atoms with E-state index in [1.807, 2.05) is 31.2 Å². The summed E-state index contributed by atoms with van der Waals surface area (Å²) in [5, 5.41) is 6.82. The molecule has 7 nitrogen and oxygen atoms in total. The molecule has 0 bridgehead atoms. The highest BCUT2D eigenvalue weighted by Crippen LogP contribution is 2.19. The summed E-state index contributed by atoms with van der Waals surface area (Å²) in [5.41, 5.74) is 2.88. The first-order valence-electron chi connectivity index (χ1n) is 8.57. The minimum atomic E-state index is -0.631. The molecule has 25 heavy (non-hydrogen) atoms. The average molecular weight is 345 g/mol. The number of oxime groups is 1. The Morgan fingerprint density at radius 3 is 2.80 bits per heavy atom. The molecular weight excluding hydrogens is 322 g/mol. The number of nitrogens with one attached hydrogen (secondary N) is 1. The molecule has 0 aliphatic carbocycles. The molecule has 0 saturated carbocycles. The smallest absolute Gasteiger partial charge is 0.264 e. The molecule has 1 aromatic carbocycles. The molecule has 2 amide bonds. The van der Waals surface area contributed by atoms with Crippen molar-refractivity contribution < 1.29 is 19.2 Å². The van der Waals surface area contributed by atoms with E-state index in [-0.39, 0.29) is 18.2 Å². The third-order valence-corrected chi connectivity index (χ3v) is 4.42. The zero-order chi connectivity index (χ0) is 17.6. The van der Waals surface area contributed by atoms with Crippen molar-refractivity contribution in [2.75, 3.05) is 32.8 Å². The Labute approximate surface area is 147 Å². The summed E-state index contributed by atoms with van der Waals surface area (Å²) in [6, 6.07) is 7.88. The number of rotatable bonds is 5. The molecular formula is C18H23N3O4. The normalized spacial score (nSPS) is 20.0. The van der Waals surface area contributed by atoms with Gasteiger partial charge in [0.05, 0.1) is 18.9 Å². The number of ether oxygens (including phenoxy) is 1. The van der Waals surface area contributed by atoms with Crippen LogP contribution in [0, 0.1) is 6.92 Å². The van der Waals surface area contributed by atoms with Gasteiger partial charge in [-0.15, -0.1) is 0 Å². The first-order chi connectivity index (χ1) is 12.1. The van der Waals surface area contributed by atoms with E-state index in [9.17, 15) is 9.59 Å². The molecule has 0 aromatic heterocycles. The standard InChI is InChI=1S/C18H23N3O4/c1-13-4-2-3-5-14(13)15-12-16(25-20-15)18(23)19-7-6-17(22)21-8-10-24-11-9-21/h2-5,16H,6-12H2,1H3,(H,19,23)/t16-/m0/s1. The van der Waals surface area contributed by atoms with Gasteiger partial charge in [0.1, 0.15) is 0 Å². The number of hydrogen-bond acceptors (Lipinski definition) is 5. The molecule has 2 heterocycles. The fraction of sp³-hybridized carbons (Fsp3) is 0.500. The Hall–Kier alpha value is -2.41. The zero-order valence-electron chi connectivity index (χ0n) is 14.4. The summed E-state index contributed by atoms with van der Waals surface area (Å²) in [6.45, 7) is 4.69. The van der Waals surface area contributed by atoms with Crippen molar-refractivity contribution in [1.29, 1.82) is 0 Å². The van der Waals surface area contributed by atoms with Gasteiger partial charge in [0.25, 0.3) is 5.91 Å². The van der Waals surface area contributed by atoms with Crippen LogP contribution in [-0.4, -0.2) is 61.4 Å². The van der Waals surface area contributed by atoms with Crippen LogP contribution in [0.5, 0.6) is 0 Å². The second-order valence-electron chi connectivity index (χ2n) is 6.19. The lowest BCUT2D eigenvalue weighted by atomic mass is 10.0. The molecule has 3 rings (SSSR count). The third-order valence-electron chi connectivity index (χ3n) is 4.42. The molecule has 2 aliphatic rings. The highest BCUT2D eigenvalue weighted by Gasteiger charge is 2.29. The van der Waals surface area contributed by atoms with E-state index in [1.54, 1.807) is 4.90 Å². The highest BCUT2D eigenvalue weighted by atomic mass is 16.6. The van der Waals surface area contributed by atoms with Gasteiger partial charge in [-0.05, 0) is 12.5 Å². The Kier molecular flexibility index (Phi) is 5.65. The minimum Gasteiger partial charge on any atom is -0.382 e. The molecule has 0 unspecified atom stereocenters. The average Bonchev–Trinajstić information content (AvgIpc) is 3.12. The maximum Gasteiger partial charge on any atom is 0.264 e. The monoisotopic (exact) mass is 345 g/mol. The number of hydrogen-bond donors (Lipinski definition) is 1. The topological polar surface area (TPSA) is 80.2 Å². The molecule has 1 saturated heterocycles. The molecule has 134 valence electrons. The third kappa shape index (κ3) is 4.36. The summed E-state index contributed by atoms with van der Waals surface area (Å²) in [5.74, 6) is -0.199. The van der Waals surface area contributed by atoms with Crippen molar-refractivity contribution in [1.82, 2.24) is 10.2 Å². The quantitative estimate of drug-likeness (QED) is 0.858. The van der Waals surface area contributed by atoms with Crippen molar-refractivity contribution in [2.45, 2.75) is 25.9 Å². The largest absolute Gasteiger partial charge is 0.382 e. The Morgan fingerprint density at radius 1 is 1.28 bits per heavy atom. The molecule has 2 aliphatic heterocycles. The number of aryl methyl sites for hydroxylation is 1. The van der Waals surface area contributed by atoms with Gasteiger partial charge in [-0.2, -0.15) is 0 Å². The van der Waals surface area contributed by atoms with E-state index in [0.29, 0.717) is 39.3 Å². The molecule has 7 heteroatoms. The van der Waals surface area contributed by atoms with Gasteiger partial charge in [0, 0.05) is 38.0 Å². The second-order valence-corrected chi connectivity index (χ2v) is 6.19. The fourth-order valence-electron chi connectivity index (χ4n) is 2.95. The van der Waals surface area contributed by atoms with Crippen LogP contribution in [0.15, 0.2) is 29.4 Å². The van der Waals surface area contributed by atoms with Crippen LogP contribution in [0.3, 0.4) is 0 Å². The fourth-order valence-corrected chi connectivity index (χ4v) is 2.95. The first kappa shape index (κ1) is 17.4. The predicted octanol–water partition coefficient (Wildman–Crippen LogP) is 0.853. The SMILES string of the molecule is Cc1ccccc1C1=NO[C@H](C(=O)NCCC(=O)N2CCOCC2)C1. The van der Waals surface area contributed by atoms with Crippen molar-refractivity contribution >= 4 is 17.5 Å². The number of carbonyl (C=O) groups is 2. The van der Waals surface area contributed by atoms with Gasteiger partial charge in [-0.3, -0.25) is 9.59 Å². The number of carbonyl (C=O) groups excluding carboxylic acids is 2. The van der Waals surface area contributed by atoms with Gasteiger partial charge in [-0.25, -0.2) is 0 Å². The first-order valence-corrected chi connectivity index (χ1v) is 8.57. The Balaban J connectivity index is 1.42. The second kappa shape index (κ2) is 8.11. The number of benzene rings is 1. The van der Waals surface area contributed by atoms with Crippen molar-refractivity contribution in [3.05, 3.63) is 35.4 Å². The molecule has 1 atom stereocenters. The van der Waals surface area contributed by atoms with Crippen LogP contribution in [0.4, 0.5) is 0 Å². The van der Waals surface area contributed by atoms with Crippen LogP contribution >= 0.6 is 0 Å². The van der Waals surface area contributed by atoms with Crippen LogP contribution in [-0.2, 0) is 19.2 Å². The summed E-state index contributed by atoms with van der Waals surface area (Å²) in [7, 11) is 0. The van der Waals surface area contributed by atoms with Gasteiger partial charge in [-0.1, -0.05) is 29.4 Å². The summed E-state index contributed by atoms with van der Waals surface area (Å²) < 4.78 is 5.22. The molecule has 1 N–H and O–H groups in total. The Bertz CT molecular complexity index is 668. The summed E-state index contributed by atoms with van der Waals surface area (Å²) in [4.78, 5) is 31.3. The van der Waals surface area contributed by atoms with Crippen LogP contribution in [0.25, 0.3) is 0 Å². The molecule has 0 radical (unpaired) electrons. The maximum atomic E-state index is 12.2. The van der Waals surface area contributed by atoms with E-state index in [4.69, 9.17) is 9.57 Å². The predicted molar refractivity (Wildman–Crippen MR) is 92.2 cm³/mol. The number of amides is 2. The van der Waals surface area contributed by atoms with Crippen molar-refractivity contribution in [2.24, 2.45) is 5.16 Å². The Morgan fingerprint density at radius 2 is 2.04 bits per heavy atom. The molecule has 1 fully saturated rings. The van der Waals surface area contributed by atoms with Crippen molar-refractivity contribution in [3.8, 4) is 0 Å². The van der Waals surface area contributed by atoms with E-state index in [2.05, 4.69) is 10.5 Å². The van der Waals surface area contributed by atoms with E-state index >= 15 is 0 Å². The summed E-state index contributed by atoms with van der Waals surface area (Å²) in [6.07, 6.45) is 0.0889. The molecule has 0 spiro atoms. The summed E-state index contributed by atoms with van der Waals surface area (Å²) >= 11 is 0. The lowest BCUT2D eigenvalue weighted by Crippen LogP contribution is -2.42. The van der Waals surface area contributed by atoms with Crippen molar-refractivity contribution in [3.63, 3.8) is 0 Å². The van der Waals surface area contributed by atoms with E-state index in [1.165, 1.54) is 0 Å². The van der Waals surface area contributed by atoms with Crippen LogP contribution in [0.2, 0.25) is 0 Å². The highest BCUT2D eigenvalue weighted by molar-refractivity contribution is 6.05. The van der Waals surface area contributed by atoms with Crippen LogP contribution in [0.1, 0.15) is 24.0 Å². The molecule has 1 aromatic rings. The van der Waals surface area contributed by atoms with Gasteiger partial charge < -0.3 is 19.8 Å². The number of nitrogens with zero attached hydrogens (tertiary/aromatic N) is 2. The zero-order valence-corrected chi connectivity index (χ0v) is 14.4. The lowest BCUT2D eigenvalue weighted by molar-refractivity contribution is -0.135.